The molecule has 3 aromatic rings. The number of methoxy groups -OCH3 is 1. The van der Waals surface area contributed by atoms with Crippen molar-refractivity contribution in [2.45, 2.75) is 0 Å². The Hall–Kier alpha value is -3.65. The van der Waals surface area contributed by atoms with Crippen LogP contribution in [-0.2, 0) is 14.3 Å². The highest BCUT2D eigenvalue weighted by atomic mass is 35.5. The van der Waals surface area contributed by atoms with E-state index in [9.17, 15) is 14.4 Å². The number of nitrogens with one attached hydrogen (secondary N) is 2. The number of esters is 1. The SMILES string of the molecule is COC(=O)CNC(=O)c1ccc(NC(=O)/C=C/c2c(Cl)nc3ccccn23)cc1. The van der Waals surface area contributed by atoms with Gasteiger partial charge in [-0.25, -0.2) is 4.98 Å². The van der Waals surface area contributed by atoms with Crippen LogP contribution in [0.2, 0.25) is 5.15 Å². The molecule has 1 aromatic carbocycles. The molecule has 0 radical (unpaired) electrons. The lowest BCUT2D eigenvalue weighted by molar-refractivity contribution is -0.139. The van der Waals surface area contributed by atoms with Crippen molar-refractivity contribution in [1.29, 1.82) is 0 Å². The van der Waals surface area contributed by atoms with Crippen molar-refractivity contribution in [3.63, 3.8) is 0 Å². The maximum Gasteiger partial charge on any atom is 0.325 e. The summed E-state index contributed by atoms with van der Waals surface area (Å²) < 4.78 is 6.23. The van der Waals surface area contributed by atoms with Gasteiger partial charge in [-0.3, -0.25) is 18.8 Å². The van der Waals surface area contributed by atoms with Crippen LogP contribution in [0, 0.1) is 0 Å². The Kier molecular flexibility index (Phi) is 6.25. The minimum atomic E-state index is -0.542. The molecule has 0 aliphatic carbocycles. The van der Waals surface area contributed by atoms with Gasteiger partial charge in [0.1, 0.15) is 12.2 Å². The van der Waals surface area contributed by atoms with Crippen LogP contribution in [-0.4, -0.2) is 40.8 Å². The lowest BCUT2D eigenvalue weighted by atomic mass is 10.2. The number of amides is 2. The van der Waals surface area contributed by atoms with E-state index in [2.05, 4.69) is 20.4 Å². The molecule has 2 N–H and O–H groups in total. The Bertz CT molecular complexity index is 1090. The summed E-state index contributed by atoms with van der Waals surface area (Å²) >= 11 is 6.13. The molecule has 0 saturated heterocycles. The van der Waals surface area contributed by atoms with Crippen molar-refractivity contribution in [1.82, 2.24) is 14.7 Å². The molecule has 0 spiro atoms. The van der Waals surface area contributed by atoms with E-state index in [0.29, 0.717) is 27.7 Å². The number of rotatable bonds is 6. The smallest absolute Gasteiger partial charge is 0.325 e. The van der Waals surface area contributed by atoms with Gasteiger partial charge in [0.2, 0.25) is 5.91 Å². The first-order chi connectivity index (χ1) is 14.0. The number of carbonyl (C=O) groups excluding carboxylic acids is 3. The van der Waals surface area contributed by atoms with Gasteiger partial charge < -0.3 is 15.4 Å². The van der Waals surface area contributed by atoms with Crippen molar-refractivity contribution in [2.24, 2.45) is 0 Å². The number of aromatic nitrogens is 2. The molecule has 2 heterocycles. The fraction of sp³-hybridized carbons (Fsp3) is 0.100. The first-order valence-corrected chi connectivity index (χ1v) is 8.92. The van der Waals surface area contributed by atoms with Gasteiger partial charge in [0.25, 0.3) is 5.91 Å². The minimum absolute atomic E-state index is 0.218. The van der Waals surface area contributed by atoms with Crippen molar-refractivity contribution in [2.75, 3.05) is 19.0 Å². The van der Waals surface area contributed by atoms with Gasteiger partial charge in [-0.15, -0.1) is 0 Å². The fourth-order valence-electron chi connectivity index (χ4n) is 2.51. The van der Waals surface area contributed by atoms with Crippen LogP contribution >= 0.6 is 11.6 Å². The van der Waals surface area contributed by atoms with Gasteiger partial charge >= 0.3 is 5.97 Å². The second kappa shape index (κ2) is 9.03. The van der Waals surface area contributed by atoms with E-state index >= 15 is 0 Å². The molecule has 9 heteroatoms. The molecule has 2 aromatic heterocycles. The second-order valence-corrected chi connectivity index (χ2v) is 6.23. The Labute approximate surface area is 171 Å². The summed E-state index contributed by atoms with van der Waals surface area (Å²) in [7, 11) is 1.24. The molecule has 29 heavy (non-hydrogen) atoms. The molecular weight excluding hydrogens is 396 g/mol. The molecule has 2 amide bonds. The van der Waals surface area contributed by atoms with Crippen molar-refractivity contribution in [3.8, 4) is 0 Å². The normalized spacial score (nSPS) is 10.8. The van der Waals surface area contributed by atoms with Gasteiger partial charge in [-0.05, 0) is 42.5 Å². The maximum absolute atomic E-state index is 12.2. The van der Waals surface area contributed by atoms with Gasteiger partial charge in [0.05, 0.1) is 12.8 Å². The van der Waals surface area contributed by atoms with E-state index in [0.717, 1.165) is 0 Å². The molecule has 0 unspecified atom stereocenters. The summed E-state index contributed by atoms with van der Waals surface area (Å²) in [6.07, 6.45) is 4.72. The van der Waals surface area contributed by atoms with E-state index in [4.69, 9.17) is 11.6 Å². The summed E-state index contributed by atoms with van der Waals surface area (Å²) in [4.78, 5) is 39.4. The number of pyridine rings is 1. The molecule has 3 rings (SSSR count). The molecule has 0 atom stereocenters. The number of nitrogens with zero attached hydrogens (tertiary/aromatic N) is 2. The van der Waals surface area contributed by atoms with E-state index in [1.54, 1.807) is 28.8 Å². The van der Waals surface area contributed by atoms with Gasteiger partial charge in [-0.2, -0.15) is 0 Å². The minimum Gasteiger partial charge on any atom is -0.468 e. The van der Waals surface area contributed by atoms with E-state index in [-0.39, 0.29) is 12.5 Å². The first-order valence-electron chi connectivity index (χ1n) is 8.54. The van der Waals surface area contributed by atoms with Crippen LogP contribution in [0.25, 0.3) is 11.7 Å². The van der Waals surface area contributed by atoms with E-state index < -0.39 is 11.9 Å². The third-order valence-electron chi connectivity index (χ3n) is 3.95. The fourth-order valence-corrected chi connectivity index (χ4v) is 2.75. The quantitative estimate of drug-likeness (QED) is 0.478. The molecule has 0 saturated carbocycles. The van der Waals surface area contributed by atoms with E-state index in [1.807, 2.05) is 18.2 Å². The Morgan fingerprint density at radius 1 is 1.17 bits per heavy atom. The zero-order chi connectivity index (χ0) is 20.8. The number of benzene rings is 1. The number of fused-ring (bicyclic) bond motifs is 1. The predicted octanol–water partition coefficient (Wildman–Crippen LogP) is 2.54. The molecule has 148 valence electrons. The average molecular weight is 413 g/mol. The Morgan fingerprint density at radius 3 is 2.66 bits per heavy atom. The van der Waals surface area contributed by atoms with Crippen LogP contribution in [0.3, 0.4) is 0 Å². The summed E-state index contributed by atoms with van der Waals surface area (Å²) in [5.41, 5.74) is 2.13. The second-order valence-electron chi connectivity index (χ2n) is 5.88. The standard InChI is InChI=1S/C20H17ClN4O4/c1-29-18(27)12-22-20(28)13-5-7-14(8-6-13)23-17(26)10-9-15-19(21)24-16-4-2-3-11-25(15)16/h2-11H,12H2,1H3,(H,22,28)(H,23,26)/b10-9+. The largest absolute Gasteiger partial charge is 0.468 e. The lowest BCUT2D eigenvalue weighted by Crippen LogP contribution is -2.30. The van der Waals surface area contributed by atoms with Crippen LogP contribution in [0.1, 0.15) is 16.1 Å². The highest BCUT2D eigenvalue weighted by Crippen LogP contribution is 2.19. The van der Waals surface area contributed by atoms with Crippen LogP contribution in [0.15, 0.2) is 54.7 Å². The number of hydrogen-bond donors (Lipinski definition) is 2. The van der Waals surface area contributed by atoms with E-state index in [1.165, 1.54) is 25.3 Å². The molecular formula is C20H17ClN4O4. The summed E-state index contributed by atoms with van der Waals surface area (Å²) in [5, 5.41) is 5.42. The van der Waals surface area contributed by atoms with Crippen molar-refractivity contribution >= 4 is 46.8 Å². The maximum atomic E-state index is 12.2. The first kappa shape index (κ1) is 20.1. The highest BCUT2D eigenvalue weighted by molar-refractivity contribution is 6.31. The summed E-state index contributed by atoms with van der Waals surface area (Å²) in [6, 6.07) is 11.7. The average Bonchev–Trinajstić information content (AvgIpc) is 3.05. The van der Waals surface area contributed by atoms with Crippen LogP contribution in [0.4, 0.5) is 5.69 Å². The number of hydrogen-bond acceptors (Lipinski definition) is 5. The predicted molar refractivity (Wildman–Crippen MR) is 109 cm³/mol. The number of carbonyl (C=O) groups is 3. The molecule has 8 nitrogen and oxygen atoms in total. The Balaban J connectivity index is 1.62. The lowest BCUT2D eigenvalue weighted by Gasteiger charge is -2.06. The zero-order valence-corrected chi connectivity index (χ0v) is 16.1. The topological polar surface area (TPSA) is 102 Å². The molecule has 0 aliphatic rings. The van der Waals surface area contributed by atoms with Crippen LogP contribution < -0.4 is 10.6 Å². The van der Waals surface area contributed by atoms with Gasteiger partial charge in [-0.1, -0.05) is 17.7 Å². The number of anilines is 1. The number of imidazole rings is 1. The highest BCUT2D eigenvalue weighted by Gasteiger charge is 2.09. The number of halogens is 1. The summed E-state index contributed by atoms with van der Waals surface area (Å²) in [6.45, 7) is -0.218. The van der Waals surface area contributed by atoms with Crippen LogP contribution in [0.5, 0.6) is 0 Å². The van der Waals surface area contributed by atoms with Crippen molar-refractivity contribution < 1.29 is 19.1 Å². The monoisotopic (exact) mass is 412 g/mol. The van der Waals surface area contributed by atoms with Gasteiger partial charge in [0.15, 0.2) is 5.15 Å². The van der Waals surface area contributed by atoms with Crippen molar-refractivity contribution in [3.05, 3.63) is 71.1 Å². The zero-order valence-electron chi connectivity index (χ0n) is 15.4. The van der Waals surface area contributed by atoms with Gasteiger partial charge in [0, 0.05) is 23.5 Å². The summed E-state index contributed by atoms with van der Waals surface area (Å²) in [5.74, 6) is -1.33. The third-order valence-corrected chi connectivity index (χ3v) is 4.23. The molecule has 0 aliphatic heterocycles. The Morgan fingerprint density at radius 2 is 1.93 bits per heavy atom. The number of ether oxygens (including phenoxy) is 1. The third kappa shape index (κ3) is 4.99. The molecule has 0 fully saturated rings. The molecule has 0 bridgehead atoms.